The highest BCUT2D eigenvalue weighted by molar-refractivity contribution is 6.00. The maximum absolute atomic E-state index is 13.7. The van der Waals surface area contributed by atoms with Crippen LogP contribution in [0, 0.1) is 25.2 Å². The Morgan fingerprint density at radius 3 is 2.55 bits per heavy atom. The number of aryl methyl sites for hydroxylation is 2. The molecule has 0 aliphatic carbocycles. The summed E-state index contributed by atoms with van der Waals surface area (Å²) in [6.45, 7) is 3.52. The molecule has 0 saturated carbocycles. The molecule has 1 aliphatic heterocycles. The largest absolute Gasteiger partial charge is 0.417 e. The zero-order chi connectivity index (χ0) is 23.9. The lowest BCUT2D eigenvalue weighted by Gasteiger charge is -2.30. The van der Waals surface area contributed by atoms with Gasteiger partial charge in [-0.05, 0) is 48.7 Å². The van der Waals surface area contributed by atoms with Gasteiger partial charge in [0.05, 0.1) is 5.56 Å². The summed E-state index contributed by atoms with van der Waals surface area (Å²) >= 11 is 0. The molecule has 0 bridgehead atoms. The lowest BCUT2D eigenvalue weighted by atomic mass is 10.0. The molecule has 4 rings (SSSR count). The number of alkyl halides is 3. The predicted octanol–water partition coefficient (Wildman–Crippen LogP) is 5.31. The lowest BCUT2D eigenvalue weighted by molar-refractivity contribution is -0.137. The summed E-state index contributed by atoms with van der Waals surface area (Å²) in [5.74, 6) is -0.469. The summed E-state index contributed by atoms with van der Waals surface area (Å²) in [5.41, 5.74) is 1.59. The summed E-state index contributed by atoms with van der Waals surface area (Å²) in [6.07, 6.45) is -4.72. The van der Waals surface area contributed by atoms with Crippen molar-refractivity contribution in [2.45, 2.75) is 32.6 Å². The van der Waals surface area contributed by atoms with Crippen molar-refractivity contribution in [1.82, 2.24) is 4.98 Å². The van der Waals surface area contributed by atoms with Gasteiger partial charge in [-0.15, -0.1) is 0 Å². The van der Waals surface area contributed by atoms with Crippen LogP contribution in [0.5, 0.6) is 0 Å². The number of halogens is 3. The van der Waals surface area contributed by atoms with Gasteiger partial charge in [-0.1, -0.05) is 36.4 Å². The number of benzene rings is 2. The van der Waals surface area contributed by atoms with Crippen LogP contribution in [0.15, 0.2) is 54.6 Å². The highest BCUT2D eigenvalue weighted by Crippen LogP contribution is 2.42. The van der Waals surface area contributed by atoms with Gasteiger partial charge in [-0.2, -0.15) is 18.4 Å². The monoisotopic (exact) mass is 450 g/mol. The second-order valence-electron chi connectivity index (χ2n) is 8.08. The summed E-state index contributed by atoms with van der Waals surface area (Å²) < 4.78 is 41.1. The third-order valence-corrected chi connectivity index (χ3v) is 5.77. The Labute approximate surface area is 189 Å². The first-order valence-corrected chi connectivity index (χ1v) is 10.3. The molecule has 1 atom stereocenters. The highest BCUT2D eigenvalue weighted by atomic mass is 19.4. The number of amides is 1. The van der Waals surface area contributed by atoms with Crippen LogP contribution in [0.1, 0.15) is 39.6 Å². The maximum atomic E-state index is 13.7. The van der Waals surface area contributed by atoms with E-state index >= 15 is 0 Å². The van der Waals surface area contributed by atoms with E-state index in [1.54, 1.807) is 31.3 Å². The number of hydrogen-bond acceptors (Lipinski definition) is 4. The Morgan fingerprint density at radius 1 is 1.15 bits per heavy atom. The van der Waals surface area contributed by atoms with Crippen LogP contribution in [-0.2, 0) is 17.5 Å². The Morgan fingerprint density at radius 2 is 1.88 bits per heavy atom. The van der Waals surface area contributed by atoms with E-state index in [-0.39, 0.29) is 24.0 Å². The number of nitriles is 1. The van der Waals surface area contributed by atoms with Crippen LogP contribution in [0.25, 0.3) is 0 Å². The first kappa shape index (κ1) is 22.3. The molecular formula is C25H21F3N4O. The first-order valence-electron chi connectivity index (χ1n) is 10.3. The summed E-state index contributed by atoms with van der Waals surface area (Å²) in [6, 6.07) is 16.2. The van der Waals surface area contributed by atoms with Crippen molar-refractivity contribution in [3.05, 3.63) is 88.1 Å². The van der Waals surface area contributed by atoms with E-state index in [1.807, 2.05) is 37.3 Å². The van der Waals surface area contributed by atoms with Gasteiger partial charge in [0.15, 0.2) is 0 Å². The molecular weight excluding hydrogens is 429 g/mol. The summed E-state index contributed by atoms with van der Waals surface area (Å²) in [7, 11) is 1.63. The van der Waals surface area contributed by atoms with Gasteiger partial charge in [-0.25, -0.2) is 4.98 Å². The number of hydrogen-bond donors (Lipinski definition) is 0. The van der Waals surface area contributed by atoms with Crippen molar-refractivity contribution in [3.63, 3.8) is 0 Å². The maximum Gasteiger partial charge on any atom is 0.417 e. The highest BCUT2D eigenvalue weighted by Gasteiger charge is 2.42. The number of aromatic nitrogens is 1. The zero-order valence-electron chi connectivity index (χ0n) is 18.3. The van der Waals surface area contributed by atoms with Crippen molar-refractivity contribution in [1.29, 1.82) is 5.26 Å². The fourth-order valence-electron chi connectivity index (χ4n) is 4.20. The van der Waals surface area contributed by atoms with E-state index in [0.717, 1.165) is 17.2 Å². The van der Waals surface area contributed by atoms with Crippen LogP contribution < -0.4 is 9.80 Å². The van der Waals surface area contributed by atoms with Gasteiger partial charge in [-0.3, -0.25) is 4.79 Å². The van der Waals surface area contributed by atoms with Gasteiger partial charge in [0.2, 0.25) is 0 Å². The second-order valence-corrected chi connectivity index (χ2v) is 8.08. The van der Waals surface area contributed by atoms with Crippen molar-refractivity contribution in [2.75, 3.05) is 16.8 Å². The molecule has 2 heterocycles. The summed E-state index contributed by atoms with van der Waals surface area (Å²) in [4.78, 5) is 21.0. The predicted molar refractivity (Wildman–Crippen MR) is 119 cm³/mol. The Bertz CT molecular complexity index is 1280. The molecule has 1 aliphatic rings. The number of fused-ring (bicyclic) bond motifs is 1. The SMILES string of the molecule is Cc1cccc(N(C)C(=O)C2c3ccccc3CN2c2nc(C)cc(C(F)(F)F)c2C#N)c1. The molecule has 1 aromatic heterocycles. The average molecular weight is 450 g/mol. The van der Waals surface area contributed by atoms with E-state index in [1.165, 1.54) is 16.7 Å². The van der Waals surface area contributed by atoms with E-state index in [0.29, 0.717) is 11.3 Å². The molecule has 0 saturated heterocycles. The van der Waals surface area contributed by atoms with E-state index in [4.69, 9.17) is 0 Å². The molecule has 0 N–H and O–H groups in total. The molecule has 8 heteroatoms. The zero-order valence-corrected chi connectivity index (χ0v) is 18.3. The topological polar surface area (TPSA) is 60.2 Å². The number of rotatable bonds is 3. The van der Waals surface area contributed by atoms with Crippen molar-refractivity contribution < 1.29 is 18.0 Å². The number of anilines is 2. The smallest absolute Gasteiger partial charge is 0.335 e. The Kier molecular flexibility index (Phi) is 5.58. The second kappa shape index (κ2) is 8.24. The minimum atomic E-state index is -4.72. The summed E-state index contributed by atoms with van der Waals surface area (Å²) in [5, 5.41) is 9.66. The molecule has 0 spiro atoms. The van der Waals surface area contributed by atoms with E-state index in [9.17, 15) is 23.2 Å². The van der Waals surface area contributed by atoms with Crippen LogP contribution >= 0.6 is 0 Å². The Balaban J connectivity index is 1.87. The van der Waals surface area contributed by atoms with Crippen molar-refractivity contribution in [2.24, 2.45) is 0 Å². The standard InChI is InChI=1S/C25H21F3N4O/c1-15-7-6-9-18(11-15)31(3)24(33)22-19-10-5-4-8-17(19)14-32(22)23-20(13-29)21(25(26,27)28)12-16(2)30-23/h4-12,22H,14H2,1-3H3. The lowest BCUT2D eigenvalue weighted by Crippen LogP contribution is -2.39. The molecule has 1 amide bonds. The van der Waals surface area contributed by atoms with Crippen LogP contribution in [0.4, 0.5) is 24.7 Å². The number of likely N-dealkylation sites (N-methyl/N-ethyl adjacent to an activating group) is 1. The average Bonchev–Trinajstić information content (AvgIpc) is 3.16. The fourth-order valence-corrected chi connectivity index (χ4v) is 4.20. The van der Waals surface area contributed by atoms with Crippen molar-refractivity contribution >= 4 is 17.4 Å². The van der Waals surface area contributed by atoms with Gasteiger partial charge in [0.1, 0.15) is 23.5 Å². The number of pyridine rings is 1. The number of carbonyl (C=O) groups is 1. The third-order valence-electron chi connectivity index (χ3n) is 5.77. The minimum absolute atomic E-state index is 0.116. The number of carbonyl (C=O) groups excluding carboxylic acids is 1. The molecule has 5 nitrogen and oxygen atoms in total. The molecule has 33 heavy (non-hydrogen) atoms. The molecule has 0 radical (unpaired) electrons. The van der Waals surface area contributed by atoms with Gasteiger partial charge in [0, 0.05) is 25.0 Å². The fraction of sp³-hybridized carbons (Fsp3) is 0.240. The molecule has 3 aromatic rings. The van der Waals surface area contributed by atoms with Crippen LogP contribution in [0.3, 0.4) is 0 Å². The Hall–Kier alpha value is -3.86. The van der Waals surface area contributed by atoms with E-state index < -0.39 is 23.3 Å². The van der Waals surface area contributed by atoms with Crippen molar-refractivity contribution in [3.8, 4) is 6.07 Å². The normalized spacial score (nSPS) is 15.2. The van der Waals surface area contributed by atoms with E-state index in [2.05, 4.69) is 4.98 Å². The molecule has 2 aromatic carbocycles. The molecule has 1 unspecified atom stereocenters. The van der Waals surface area contributed by atoms with Gasteiger partial charge in [0.25, 0.3) is 5.91 Å². The molecule has 0 fully saturated rings. The first-order chi connectivity index (χ1) is 15.6. The van der Waals surface area contributed by atoms with Gasteiger partial charge < -0.3 is 9.80 Å². The minimum Gasteiger partial charge on any atom is -0.335 e. The van der Waals surface area contributed by atoms with Crippen LogP contribution in [-0.4, -0.2) is 17.9 Å². The molecule has 168 valence electrons. The van der Waals surface area contributed by atoms with Gasteiger partial charge >= 0.3 is 6.18 Å². The van der Waals surface area contributed by atoms with Crippen LogP contribution in [0.2, 0.25) is 0 Å². The quantitative estimate of drug-likeness (QED) is 0.542. The number of nitrogens with zero attached hydrogens (tertiary/aromatic N) is 4. The third kappa shape index (κ3) is 4.02.